The molecule has 0 saturated carbocycles. The van der Waals surface area contributed by atoms with E-state index in [1.165, 1.54) is 5.56 Å². The molecular weight excluding hydrogens is 164 g/mol. The zero-order valence-corrected chi connectivity index (χ0v) is 7.72. The normalized spacial score (nSPS) is 11.3. The van der Waals surface area contributed by atoms with Crippen LogP contribution in [-0.2, 0) is 0 Å². The van der Waals surface area contributed by atoms with Crippen LogP contribution in [0.2, 0.25) is 0 Å². The molecule has 2 N–H and O–H groups in total. The number of nitrogens with one attached hydrogen (secondary N) is 2. The third-order valence-corrected chi connectivity index (χ3v) is 2.27. The Labute approximate surface area is 75.8 Å². The summed E-state index contributed by atoms with van der Waals surface area (Å²) >= 11 is 0. The molecular formula is C10H12N2O. The monoisotopic (exact) mass is 176 g/mol. The van der Waals surface area contributed by atoms with E-state index in [4.69, 9.17) is 0 Å². The van der Waals surface area contributed by atoms with Gasteiger partial charge in [0.2, 0.25) is 0 Å². The summed E-state index contributed by atoms with van der Waals surface area (Å²) in [6.45, 7) is 4.23. The highest BCUT2D eigenvalue weighted by atomic mass is 16.1. The van der Waals surface area contributed by atoms with Gasteiger partial charge in [0.15, 0.2) is 0 Å². The van der Waals surface area contributed by atoms with E-state index in [1.807, 2.05) is 12.3 Å². The topological polar surface area (TPSA) is 48.6 Å². The number of hydrogen-bond acceptors (Lipinski definition) is 1. The lowest BCUT2D eigenvalue weighted by atomic mass is 10.0. The van der Waals surface area contributed by atoms with Crippen molar-refractivity contribution in [2.45, 2.75) is 19.8 Å². The van der Waals surface area contributed by atoms with E-state index in [9.17, 15) is 4.79 Å². The molecule has 0 saturated heterocycles. The van der Waals surface area contributed by atoms with E-state index in [-0.39, 0.29) is 5.56 Å². The summed E-state index contributed by atoms with van der Waals surface area (Å²) in [7, 11) is 0. The fourth-order valence-electron chi connectivity index (χ4n) is 1.57. The van der Waals surface area contributed by atoms with Crippen LogP contribution in [0.25, 0.3) is 10.9 Å². The molecule has 2 aromatic heterocycles. The first kappa shape index (κ1) is 8.10. The highest BCUT2D eigenvalue weighted by molar-refractivity contribution is 5.82. The van der Waals surface area contributed by atoms with E-state index in [0.29, 0.717) is 11.4 Å². The van der Waals surface area contributed by atoms with Crippen LogP contribution in [0.1, 0.15) is 25.3 Å². The molecule has 3 nitrogen and oxygen atoms in total. The lowest BCUT2D eigenvalue weighted by molar-refractivity contribution is 0.875. The molecule has 0 radical (unpaired) electrons. The van der Waals surface area contributed by atoms with E-state index < -0.39 is 0 Å². The number of H-pyrrole nitrogens is 2. The molecule has 0 aromatic carbocycles. The predicted molar refractivity (Wildman–Crippen MR) is 53.0 cm³/mol. The Kier molecular flexibility index (Phi) is 1.72. The Morgan fingerprint density at radius 2 is 2.08 bits per heavy atom. The Hall–Kier alpha value is -1.51. The largest absolute Gasteiger partial charge is 0.356 e. The van der Waals surface area contributed by atoms with E-state index in [2.05, 4.69) is 23.8 Å². The fourth-order valence-corrected chi connectivity index (χ4v) is 1.57. The Balaban J connectivity index is 2.83. The average molecular weight is 176 g/mol. The minimum atomic E-state index is -0.0515. The van der Waals surface area contributed by atoms with E-state index >= 15 is 0 Å². The summed E-state index contributed by atoms with van der Waals surface area (Å²) < 4.78 is 0. The molecule has 2 rings (SSSR count). The smallest absolute Gasteiger partial charge is 0.272 e. The third-order valence-electron chi connectivity index (χ3n) is 2.27. The number of hydrogen-bond donors (Lipinski definition) is 2. The molecule has 0 spiro atoms. The summed E-state index contributed by atoms with van der Waals surface area (Å²) in [5, 5.41) is 1.03. The molecule has 13 heavy (non-hydrogen) atoms. The van der Waals surface area contributed by atoms with Gasteiger partial charge in [-0.05, 0) is 17.5 Å². The highest BCUT2D eigenvalue weighted by Gasteiger charge is 2.08. The van der Waals surface area contributed by atoms with E-state index in [0.717, 1.165) is 5.39 Å². The molecule has 0 aliphatic rings. The summed E-state index contributed by atoms with van der Waals surface area (Å²) in [6.07, 6.45) is 3.59. The summed E-state index contributed by atoms with van der Waals surface area (Å²) in [5.74, 6) is 0.440. The number of fused-ring (bicyclic) bond motifs is 1. The molecule has 0 atom stereocenters. The molecule has 3 heteroatoms. The van der Waals surface area contributed by atoms with Crippen LogP contribution in [0, 0.1) is 0 Å². The van der Waals surface area contributed by atoms with Crippen LogP contribution in [0.4, 0.5) is 0 Å². The molecule has 0 fully saturated rings. The van der Waals surface area contributed by atoms with Gasteiger partial charge in [0.1, 0.15) is 5.52 Å². The second kappa shape index (κ2) is 2.76. The maximum atomic E-state index is 11.3. The van der Waals surface area contributed by atoms with E-state index in [1.54, 1.807) is 6.20 Å². The molecule has 0 aliphatic carbocycles. The third kappa shape index (κ3) is 1.16. The number of rotatable bonds is 1. The minimum Gasteiger partial charge on any atom is -0.356 e. The molecule has 2 aromatic rings. The van der Waals surface area contributed by atoms with Crippen molar-refractivity contribution in [3.05, 3.63) is 34.4 Å². The van der Waals surface area contributed by atoms with Crippen molar-refractivity contribution in [1.82, 2.24) is 9.97 Å². The first-order chi connectivity index (χ1) is 6.20. The van der Waals surface area contributed by atoms with Crippen molar-refractivity contribution < 1.29 is 0 Å². The van der Waals surface area contributed by atoms with Gasteiger partial charge in [-0.2, -0.15) is 0 Å². The Morgan fingerprint density at radius 1 is 1.31 bits per heavy atom. The summed E-state index contributed by atoms with van der Waals surface area (Å²) in [4.78, 5) is 17.0. The van der Waals surface area contributed by atoms with Crippen LogP contribution >= 0.6 is 0 Å². The molecule has 0 aliphatic heterocycles. The lowest BCUT2D eigenvalue weighted by Crippen LogP contribution is -2.04. The summed E-state index contributed by atoms with van der Waals surface area (Å²) in [5.41, 5.74) is 1.82. The lowest BCUT2D eigenvalue weighted by Gasteiger charge is -2.00. The summed E-state index contributed by atoms with van der Waals surface area (Å²) in [6, 6.07) is 1.93. The Morgan fingerprint density at radius 3 is 2.77 bits per heavy atom. The van der Waals surface area contributed by atoms with Crippen LogP contribution < -0.4 is 5.56 Å². The average Bonchev–Trinajstić information content (AvgIpc) is 2.48. The zero-order valence-electron chi connectivity index (χ0n) is 7.72. The fraction of sp³-hybridized carbons (Fsp3) is 0.300. The van der Waals surface area contributed by atoms with Gasteiger partial charge in [-0.3, -0.25) is 4.79 Å². The standard InChI is InChI=1S/C10H12N2O/c1-6(2)8-5-12-9-7(8)3-4-11-10(9)13/h3-6,12H,1-2H3,(H,11,13). The SMILES string of the molecule is CC(C)c1c[nH]c2c(=O)[nH]ccc12. The minimum absolute atomic E-state index is 0.0515. The molecule has 0 unspecified atom stereocenters. The van der Waals surface area contributed by atoms with Gasteiger partial charge >= 0.3 is 0 Å². The number of aromatic nitrogens is 2. The van der Waals surface area contributed by atoms with Crippen molar-refractivity contribution in [3.63, 3.8) is 0 Å². The van der Waals surface area contributed by atoms with Crippen molar-refractivity contribution in [1.29, 1.82) is 0 Å². The first-order valence-corrected chi connectivity index (χ1v) is 4.39. The number of aromatic amines is 2. The molecule has 68 valence electrons. The van der Waals surface area contributed by atoms with Crippen molar-refractivity contribution in [2.75, 3.05) is 0 Å². The van der Waals surface area contributed by atoms with Crippen LogP contribution in [-0.4, -0.2) is 9.97 Å². The van der Waals surface area contributed by atoms with Gasteiger partial charge in [0, 0.05) is 17.8 Å². The van der Waals surface area contributed by atoms with Crippen LogP contribution in [0.3, 0.4) is 0 Å². The van der Waals surface area contributed by atoms with Crippen molar-refractivity contribution in [2.24, 2.45) is 0 Å². The predicted octanol–water partition coefficient (Wildman–Crippen LogP) is 1.98. The molecule has 2 heterocycles. The highest BCUT2D eigenvalue weighted by Crippen LogP contribution is 2.22. The quantitative estimate of drug-likeness (QED) is 0.685. The second-order valence-electron chi connectivity index (χ2n) is 3.49. The zero-order chi connectivity index (χ0) is 9.42. The van der Waals surface area contributed by atoms with Crippen molar-refractivity contribution in [3.8, 4) is 0 Å². The van der Waals surface area contributed by atoms with Crippen LogP contribution in [0.15, 0.2) is 23.3 Å². The van der Waals surface area contributed by atoms with Gasteiger partial charge in [0.05, 0.1) is 0 Å². The molecule has 0 amide bonds. The van der Waals surface area contributed by atoms with Gasteiger partial charge in [0.25, 0.3) is 5.56 Å². The maximum absolute atomic E-state index is 11.3. The number of pyridine rings is 1. The van der Waals surface area contributed by atoms with Gasteiger partial charge in [-0.1, -0.05) is 13.8 Å². The van der Waals surface area contributed by atoms with Gasteiger partial charge in [-0.15, -0.1) is 0 Å². The Bertz CT molecular complexity index is 479. The van der Waals surface area contributed by atoms with Gasteiger partial charge in [-0.25, -0.2) is 0 Å². The second-order valence-corrected chi connectivity index (χ2v) is 3.49. The first-order valence-electron chi connectivity index (χ1n) is 4.39. The maximum Gasteiger partial charge on any atom is 0.272 e. The molecule has 0 bridgehead atoms. The van der Waals surface area contributed by atoms with Crippen LogP contribution in [0.5, 0.6) is 0 Å². The van der Waals surface area contributed by atoms with Crippen molar-refractivity contribution >= 4 is 10.9 Å². The van der Waals surface area contributed by atoms with Gasteiger partial charge < -0.3 is 9.97 Å².